The van der Waals surface area contributed by atoms with Crippen LogP contribution in [0.2, 0.25) is 0 Å². The number of allylic oxidation sites excluding steroid dienone is 1. The first-order valence-electron chi connectivity index (χ1n) is 9.45. The van der Waals surface area contributed by atoms with Crippen molar-refractivity contribution in [1.29, 1.82) is 0 Å². The molecule has 1 unspecified atom stereocenters. The molecule has 0 spiro atoms. The van der Waals surface area contributed by atoms with Crippen molar-refractivity contribution in [3.63, 3.8) is 0 Å². The number of hydrogen-bond donors (Lipinski definition) is 1. The largest absolute Gasteiger partial charge is 0.486 e. The second-order valence-electron chi connectivity index (χ2n) is 7.08. The molecule has 1 heterocycles. The van der Waals surface area contributed by atoms with E-state index < -0.39 is 24.6 Å². The van der Waals surface area contributed by atoms with Gasteiger partial charge in [0, 0.05) is 31.7 Å². The number of fused-ring (bicyclic) bond motifs is 1. The third-order valence-corrected chi connectivity index (χ3v) is 4.89. The summed E-state index contributed by atoms with van der Waals surface area (Å²) in [6.07, 6.45) is -3.22. The van der Waals surface area contributed by atoms with Crippen LogP contribution in [-0.2, 0) is 4.79 Å². The Bertz CT molecular complexity index is 939. The fraction of sp³-hybridized carbons (Fsp3) is 0.318. The molecule has 8 heteroatoms. The van der Waals surface area contributed by atoms with Crippen LogP contribution in [0.1, 0.15) is 30.6 Å². The first-order valence-corrected chi connectivity index (χ1v) is 9.45. The molecule has 0 saturated carbocycles. The highest BCUT2D eigenvalue weighted by molar-refractivity contribution is 5.94. The maximum Gasteiger partial charge on any atom is 0.405 e. The Morgan fingerprint density at radius 1 is 1.23 bits per heavy atom. The third-order valence-electron chi connectivity index (χ3n) is 4.89. The predicted molar refractivity (Wildman–Crippen MR) is 107 cm³/mol. The summed E-state index contributed by atoms with van der Waals surface area (Å²) in [6, 6.07) is 11.2. The molecule has 0 fully saturated rings. The molecule has 160 valence electrons. The van der Waals surface area contributed by atoms with E-state index in [2.05, 4.69) is 5.32 Å². The minimum Gasteiger partial charge on any atom is -0.486 e. The number of nitrogens with one attached hydrogen (secondary N) is 1. The van der Waals surface area contributed by atoms with Gasteiger partial charge in [-0.15, -0.1) is 0 Å². The molecule has 1 amide bonds. The first-order chi connectivity index (χ1) is 14.2. The van der Waals surface area contributed by atoms with Gasteiger partial charge >= 0.3 is 6.18 Å². The van der Waals surface area contributed by atoms with E-state index in [9.17, 15) is 22.4 Å². The molecule has 0 aromatic heterocycles. The van der Waals surface area contributed by atoms with Gasteiger partial charge in [-0.2, -0.15) is 13.2 Å². The van der Waals surface area contributed by atoms with Crippen molar-refractivity contribution in [3.05, 3.63) is 65.5 Å². The lowest BCUT2D eigenvalue weighted by molar-refractivity contribution is -0.120. The van der Waals surface area contributed by atoms with Gasteiger partial charge in [0.25, 0.3) is 0 Å². The van der Waals surface area contributed by atoms with E-state index in [-0.39, 0.29) is 18.1 Å². The number of carbonyl (C=O) groups excluding carboxylic acids is 1. The SMILES string of the molecule is CNC(=O)/C=C(\C)c1ccc(OC2CCN(CC(F)(F)F)c3c(F)cccc32)cc1. The van der Waals surface area contributed by atoms with Gasteiger partial charge in [0.05, 0.1) is 5.69 Å². The van der Waals surface area contributed by atoms with Crippen LogP contribution in [0.25, 0.3) is 5.57 Å². The van der Waals surface area contributed by atoms with E-state index in [1.165, 1.54) is 12.1 Å². The van der Waals surface area contributed by atoms with Crippen molar-refractivity contribution in [2.24, 2.45) is 0 Å². The van der Waals surface area contributed by atoms with E-state index in [1.54, 1.807) is 44.3 Å². The fourth-order valence-electron chi connectivity index (χ4n) is 3.48. The normalized spacial score (nSPS) is 16.8. The number of hydrogen-bond acceptors (Lipinski definition) is 3. The summed E-state index contributed by atoms with van der Waals surface area (Å²) in [5, 5.41) is 2.52. The number of ether oxygens (including phenoxy) is 1. The Labute approximate surface area is 172 Å². The number of nitrogens with zero attached hydrogens (tertiary/aromatic N) is 1. The van der Waals surface area contributed by atoms with Crippen molar-refractivity contribution in [1.82, 2.24) is 5.32 Å². The summed E-state index contributed by atoms with van der Waals surface area (Å²) in [6.45, 7) is 0.629. The van der Waals surface area contributed by atoms with Gasteiger partial charge < -0.3 is 15.0 Å². The number of rotatable bonds is 5. The summed E-state index contributed by atoms with van der Waals surface area (Å²) in [4.78, 5) is 12.5. The summed E-state index contributed by atoms with van der Waals surface area (Å²) < 4.78 is 59.0. The predicted octanol–water partition coefficient (Wildman–Crippen LogP) is 4.87. The van der Waals surface area contributed by atoms with Gasteiger partial charge in [-0.1, -0.05) is 24.3 Å². The van der Waals surface area contributed by atoms with Crippen LogP contribution in [0, 0.1) is 5.82 Å². The third kappa shape index (κ3) is 5.11. The minimum absolute atomic E-state index is 0.0319. The zero-order valence-corrected chi connectivity index (χ0v) is 16.6. The Kier molecular flexibility index (Phi) is 6.34. The molecule has 3 rings (SSSR count). The van der Waals surface area contributed by atoms with Gasteiger partial charge in [0.15, 0.2) is 0 Å². The number of halogens is 4. The molecule has 0 bridgehead atoms. The number of para-hydroxylation sites is 1. The van der Waals surface area contributed by atoms with Crippen LogP contribution >= 0.6 is 0 Å². The maximum atomic E-state index is 14.4. The highest BCUT2D eigenvalue weighted by atomic mass is 19.4. The molecule has 4 nitrogen and oxygen atoms in total. The van der Waals surface area contributed by atoms with Crippen LogP contribution in [0.15, 0.2) is 48.5 Å². The maximum absolute atomic E-state index is 14.4. The Hall–Kier alpha value is -3.03. The van der Waals surface area contributed by atoms with Gasteiger partial charge in [-0.05, 0) is 36.3 Å². The number of alkyl halides is 3. The second kappa shape index (κ2) is 8.77. The fourth-order valence-corrected chi connectivity index (χ4v) is 3.48. The molecule has 30 heavy (non-hydrogen) atoms. The highest BCUT2D eigenvalue weighted by Crippen LogP contribution is 2.39. The standard InChI is InChI=1S/C22H22F4N2O2/c1-14(12-20(29)27-2)15-6-8-16(9-7-15)30-19-10-11-28(13-22(24,25)26)21-17(19)4-3-5-18(21)23/h3-9,12,19H,10-11,13H2,1-2H3,(H,27,29)/b14-12+. The first kappa shape index (κ1) is 21.7. The van der Waals surface area contributed by atoms with E-state index in [4.69, 9.17) is 4.74 Å². The van der Waals surface area contributed by atoms with E-state index >= 15 is 0 Å². The van der Waals surface area contributed by atoms with Gasteiger partial charge in [-0.25, -0.2) is 4.39 Å². The zero-order valence-electron chi connectivity index (χ0n) is 16.6. The lowest BCUT2D eigenvalue weighted by Crippen LogP contribution is -2.40. The molecule has 0 aliphatic carbocycles. The number of likely N-dealkylation sites (N-methyl/N-ethyl adjacent to an activating group) is 1. The molecule has 0 saturated heterocycles. The summed E-state index contributed by atoms with van der Waals surface area (Å²) in [7, 11) is 1.55. The van der Waals surface area contributed by atoms with Crippen LogP contribution in [-0.4, -0.2) is 32.2 Å². The Balaban J connectivity index is 1.80. The van der Waals surface area contributed by atoms with E-state index in [0.29, 0.717) is 17.7 Å². The van der Waals surface area contributed by atoms with Crippen LogP contribution in [0.3, 0.4) is 0 Å². The quantitative estimate of drug-likeness (QED) is 0.552. The van der Waals surface area contributed by atoms with Crippen molar-refractivity contribution in [2.45, 2.75) is 25.6 Å². The summed E-state index contributed by atoms with van der Waals surface area (Å²) in [5.41, 5.74) is 1.93. The summed E-state index contributed by atoms with van der Waals surface area (Å²) in [5.74, 6) is -0.400. The van der Waals surface area contributed by atoms with Crippen LogP contribution < -0.4 is 15.0 Å². The zero-order chi connectivity index (χ0) is 21.9. The average molecular weight is 422 g/mol. The van der Waals surface area contributed by atoms with Crippen molar-refractivity contribution in [2.75, 3.05) is 25.0 Å². The molecule has 1 N–H and O–H groups in total. The molecule has 1 atom stereocenters. The molecule has 1 aliphatic heterocycles. The minimum atomic E-state index is -4.43. The van der Waals surface area contributed by atoms with Crippen LogP contribution in [0.5, 0.6) is 5.75 Å². The Morgan fingerprint density at radius 2 is 1.93 bits per heavy atom. The number of benzene rings is 2. The van der Waals surface area contributed by atoms with Crippen molar-refractivity contribution >= 4 is 17.2 Å². The second-order valence-corrected chi connectivity index (χ2v) is 7.08. The topological polar surface area (TPSA) is 41.6 Å². The number of anilines is 1. The smallest absolute Gasteiger partial charge is 0.405 e. The van der Waals surface area contributed by atoms with E-state index in [0.717, 1.165) is 22.1 Å². The van der Waals surface area contributed by atoms with Crippen LogP contribution in [0.4, 0.5) is 23.2 Å². The molecule has 1 aliphatic rings. The van der Waals surface area contributed by atoms with Crippen molar-refractivity contribution in [3.8, 4) is 5.75 Å². The highest BCUT2D eigenvalue weighted by Gasteiger charge is 2.36. The monoisotopic (exact) mass is 422 g/mol. The lowest BCUT2D eigenvalue weighted by Gasteiger charge is -2.36. The van der Waals surface area contributed by atoms with E-state index in [1.807, 2.05) is 0 Å². The lowest BCUT2D eigenvalue weighted by atomic mass is 9.98. The van der Waals surface area contributed by atoms with Gasteiger partial charge in [0.2, 0.25) is 5.91 Å². The number of amides is 1. The summed E-state index contributed by atoms with van der Waals surface area (Å²) >= 11 is 0. The van der Waals surface area contributed by atoms with Crippen molar-refractivity contribution < 1.29 is 27.1 Å². The molecule has 2 aromatic rings. The molecule has 2 aromatic carbocycles. The van der Waals surface area contributed by atoms with Gasteiger partial charge in [-0.3, -0.25) is 4.79 Å². The molecular weight excluding hydrogens is 400 g/mol. The number of carbonyl (C=O) groups is 1. The molecule has 0 radical (unpaired) electrons. The molecular formula is C22H22F4N2O2. The van der Waals surface area contributed by atoms with Gasteiger partial charge in [0.1, 0.15) is 24.2 Å². The Morgan fingerprint density at radius 3 is 2.57 bits per heavy atom. The average Bonchev–Trinajstić information content (AvgIpc) is 2.69.